The van der Waals surface area contributed by atoms with Crippen LogP contribution in [0.1, 0.15) is 5.56 Å². The highest BCUT2D eigenvalue weighted by atomic mass is 32.2. The molecule has 0 aromatic carbocycles. The monoisotopic (exact) mass is 274 g/mol. The lowest BCUT2D eigenvalue weighted by atomic mass is 10.2. The van der Waals surface area contributed by atoms with Crippen LogP contribution in [0.25, 0.3) is 0 Å². The van der Waals surface area contributed by atoms with Gasteiger partial charge < -0.3 is 10.8 Å². The van der Waals surface area contributed by atoms with Crippen LogP contribution < -0.4 is 10.9 Å². The molecule has 0 saturated heterocycles. The predicted octanol–water partition coefficient (Wildman–Crippen LogP) is -1.50. The number of nitrogens with two attached hydrogens (primary N) is 2. The summed E-state index contributed by atoms with van der Waals surface area (Å²) in [5.74, 6) is -1.30. The minimum absolute atomic E-state index is 0.0757. The first-order valence-corrected chi connectivity index (χ1v) is 6.46. The van der Waals surface area contributed by atoms with E-state index < -0.39 is 28.8 Å². The maximum Gasteiger partial charge on any atom is 0.321 e. The Morgan fingerprint density at radius 2 is 2.22 bits per heavy atom. The molecule has 1 rings (SSSR count). The fourth-order valence-electron chi connectivity index (χ4n) is 1.25. The van der Waals surface area contributed by atoms with E-state index >= 15 is 0 Å². The number of rotatable bonds is 6. The van der Waals surface area contributed by atoms with E-state index in [1.54, 1.807) is 12.1 Å². The minimum Gasteiger partial charge on any atom is -0.480 e. The molecule has 18 heavy (non-hydrogen) atoms. The molecule has 0 amide bonds. The molecule has 8 nitrogen and oxygen atoms in total. The Labute approximate surface area is 104 Å². The average molecular weight is 274 g/mol. The molecule has 0 aliphatic carbocycles. The Balaban J connectivity index is 2.84. The molecular weight excluding hydrogens is 260 g/mol. The van der Waals surface area contributed by atoms with Gasteiger partial charge in [0, 0.05) is 25.5 Å². The topological polar surface area (TPSA) is 140 Å². The molecule has 0 fully saturated rings. The third-order valence-corrected chi connectivity index (χ3v) is 3.16. The number of pyridine rings is 1. The lowest BCUT2D eigenvalue weighted by Crippen LogP contribution is -2.47. The van der Waals surface area contributed by atoms with E-state index in [1.807, 2.05) is 0 Å². The van der Waals surface area contributed by atoms with Gasteiger partial charge in [0.1, 0.15) is 6.04 Å². The normalized spacial score (nSPS) is 13.5. The van der Waals surface area contributed by atoms with Crippen LogP contribution >= 0.6 is 0 Å². The van der Waals surface area contributed by atoms with Crippen molar-refractivity contribution in [1.29, 1.82) is 0 Å². The number of aliphatic carboxylic acids is 1. The maximum atomic E-state index is 11.3. The third-order valence-electron chi connectivity index (χ3n) is 2.16. The highest BCUT2D eigenvalue weighted by molar-refractivity contribution is 7.86. The Kier molecular flexibility index (Phi) is 4.73. The van der Waals surface area contributed by atoms with Crippen LogP contribution in [0.5, 0.6) is 0 Å². The molecule has 1 aromatic rings. The molecule has 5 N–H and O–H groups in total. The van der Waals surface area contributed by atoms with Crippen LogP contribution in [0.2, 0.25) is 0 Å². The summed E-state index contributed by atoms with van der Waals surface area (Å²) in [5, 5.41) is 13.7. The van der Waals surface area contributed by atoms with Crippen LogP contribution in [0.15, 0.2) is 24.5 Å². The lowest BCUT2D eigenvalue weighted by Gasteiger charge is -2.21. The largest absolute Gasteiger partial charge is 0.480 e. The van der Waals surface area contributed by atoms with Gasteiger partial charge >= 0.3 is 5.97 Å². The summed E-state index contributed by atoms with van der Waals surface area (Å²) >= 11 is 0. The summed E-state index contributed by atoms with van der Waals surface area (Å²) in [7, 11) is -4.03. The molecule has 0 saturated carbocycles. The Hall–Kier alpha value is -1.55. The van der Waals surface area contributed by atoms with Gasteiger partial charge in [0.05, 0.1) is 0 Å². The van der Waals surface area contributed by atoms with E-state index in [1.165, 1.54) is 12.4 Å². The third kappa shape index (κ3) is 4.37. The highest BCUT2D eigenvalue weighted by Crippen LogP contribution is 2.06. The summed E-state index contributed by atoms with van der Waals surface area (Å²) in [6.45, 7) is -0.475. The van der Waals surface area contributed by atoms with Crippen LogP contribution in [-0.2, 0) is 21.5 Å². The summed E-state index contributed by atoms with van der Waals surface area (Å²) in [6.07, 6.45) is 3.00. The zero-order chi connectivity index (χ0) is 13.8. The van der Waals surface area contributed by atoms with Crippen molar-refractivity contribution in [2.24, 2.45) is 10.9 Å². The Morgan fingerprint density at radius 3 is 2.67 bits per heavy atom. The average Bonchev–Trinajstić information content (AvgIpc) is 2.28. The molecule has 9 heteroatoms. The number of hydrogen-bond donors (Lipinski definition) is 3. The van der Waals surface area contributed by atoms with Gasteiger partial charge in [-0.1, -0.05) is 6.07 Å². The number of carbonyl (C=O) groups is 1. The first-order chi connectivity index (χ1) is 8.30. The summed E-state index contributed by atoms with van der Waals surface area (Å²) < 4.78 is 23.5. The van der Waals surface area contributed by atoms with Crippen molar-refractivity contribution in [2.75, 3.05) is 6.54 Å². The second kappa shape index (κ2) is 5.87. The molecule has 0 aliphatic heterocycles. The molecule has 1 aromatic heterocycles. The fourth-order valence-corrected chi connectivity index (χ4v) is 1.95. The van der Waals surface area contributed by atoms with E-state index in [0.29, 0.717) is 5.56 Å². The standard InChI is InChI=1S/C9H14N4O4S/c10-8(9(14)15)6-13(18(11,16)17)5-7-2-1-3-12-4-7/h1-4,8H,5-6,10H2,(H,14,15)(H2,11,16,17)/t8-/m0/s1. The van der Waals surface area contributed by atoms with E-state index in [0.717, 1.165) is 4.31 Å². The molecule has 0 spiro atoms. The lowest BCUT2D eigenvalue weighted by molar-refractivity contribution is -0.138. The minimum atomic E-state index is -4.03. The van der Waals surface area contributed by atoms with Crippen molar-refractivity contribution >= 4 is 16.2 Å². The van der Waals surface area contributed by atoms with E-state index in [2.05, 4.69) is 4.98 Å². The van der Waals surface area contributed by atoms with Gasteiger partial charge in [0.15, 0.2) is 0 Å². The van der Waals surface area contributed by atoms with Gasteiger partial charge in [-0.25, -0.2) is 5.14 Å². The predicted molar refractivity (Wildman–Crippen MR) is 63.4 cm³/mol. The van der Waals surface area contributed by atoms with E-state index in [9.17, 15) is 13.2 Å². The molecule has 0 aliphatic rings. The van der Waals surface area contributed by atoms with Crippen LogP contribution in [-0.4, -0.2) is 41.4 Å². The van der Waals surface area contributed by atoms with Crippen LogP contribution in [0.3, 0.4) is 0 Å². The van der Waals surface area contributed by atoms with Gasteiger partial charge in [-0.05, 0) is 11.6 Å². The fraction of sp³-hybridized carbons (Fsp3) is 0.333. The second-order valence-electron chi connectivity index (χ2n) is 3.64. The second-order valence-corrected chi connectivity index (χ2v) is 5.19. The van der Waals surface area contributed by atoms with Crippen molar-refractivity contribution in [2.45, 2.75) is 12.6 Å². The Morgan fingerprint density at radius 1 is 1.56 bits per heavy atom. The number of carboxylic acid groups (broad SMARTS) is 1. The molecule has 0 unspecified atom stereocenters. The van der Waals surface area contributed by atoms with E-state index in [-0.39, 0.29) is 6.54 Å². The molecule has 100 valence electrons. The maximum absolute atomic E-state index is 11.3. The van der Waals surface area contributed by atoms with E-state index in [4.69, 9.17) is 16.0 Å². The van der Waals surface area contributed by atoms with Crippen molar-refractivity contribution in [3.8, 4) is 0 Å². The van der Waals surface area contributed by atoms with Gasteiger partial charge in [-0.2, -0.15) is 12.7 Å². The van der Waals surface area contributed by atoms with Crippen LogP contribution in [0, 0.1) is 0 Å². The molecule has 0 bridgehead atoms. The van der Waals surface area contributed by atoms with Crippen molar-refractivity contribution < 1.29 is 18.3 Å². The number of carboxylic acids is 1. The number of nitrogens with zero attached hydrogens (tertiary/aromatic N) is 2. The zero-order valence-electron chi connectivity index (χ0n) is 9.43. The van der Waals surface area contributed by atoms with Crippen molar-refractivity contribution in [3.63, 3.8) is 0 Å². The van der Waals surface area contributed by atoms with Crippen molar-refractivity contribution in [1.82, 2.24) is 9.29 Å². The molecule has 0 radical (unpaired) electrons. The summed E-state index contributed by atoms with van der Waals surface area (Å²) in [5.41, 5.74) is 5.88. The first kappa shape index (κ1) is 14.5. The number of aromatic nitrogens is 1. The number of hydrogen-bond acceptors (Lipinski definition) is 5. The van der Waals surface area contributed by atoms with Gasteiger partial charge in [0.2, 0.25) is 0 Å². The Bertz CT molecular complexity index is 505. The molecule has 1 atom stereocenters. The SMILES string of the molecule is N[C@@H](CN(Cc1cccnc1)S(N)(=O)=O)C(=O)O. The smallest absolute Gasteiger partial charge is 0.321 e. The quantitative estimate of drug-likeness (QED) is 0.576. The highest BCUT2D eigenvalue weighted by Gasteiger charge is 2.24. The van der Waals surface area contributed by atoms with Gasteiger partial charge in [-0.3, -0.25) is 9.78 Å². The summed E-state index contributed by atoms with van der Waals surface area (Å²) in [4.78, 5) is 14.4. The van der Waals surface area contributed by atoms with Gasteiger partial charge in [0.25, 0.3) is 10.2 Å². The molecule has 1 heterocycles. The molecular formula is C9H14N4O4S. The van der Waals surface area contributed by atoms with Crippen LogP contribution in [0.4, 0.5) is 0 Å². The first-order valence-electron chi connectivity index (χ1n) is 4.96. The zero-order valence-corrected chi connectivity index (χ0v) is 10.2. The van der Waals surface area contributed by atoms with Gasteiger partial charge in [-0.15, -0.1) is 0 Å². The summed E-state index contributed by atoms with van der Waals surface area (Å²) in [6, 6.07) is 1.95. The van der Waals surface area contributed by atoms with Crippen molar-refractivity contribution in [3.05, 3.63) is 30.1 Å².